The van der Waals surface area contributed by atoms with Crippen LogP contribution in [0.15, 0.2) is 29.3 Å². The van der Waals surface area contributed by atoms with Gasteiger partial charge in [0, 0.05) is 38.8 Å². The molecule has 138 valence electrons. The van der Waals surface area contributed by atoms with Crippen LogP contribution in [-0.4, -0.2) is 43.4 Å². The lowest BCUT2D eigenvalue weighted by molar-refractivity contribution is 0.0955. The summed E-state index contributed by atoms with van der Waals surface area (Å²) < 4.78 is 0. The van der Waals surface area contributed by atoms with E-state index in [1.807, 2.05) is 38.2 Å². The molecule has 2 rings (SSSR count). The van der Waals surface area contributed by atoms with Gasteiger partial charge in [-0.15, -0.1) is 0 Å². The number of nitrogens with zero attached hydrogens (tertiary/aromatic N) is 2. The van der Waals surface area contributed by atoms with Gasteiger partial charge >= 0.3 is 0 Å². The molecular formula is C20H32N4O. The smallest absolute Gasteiger partial charge is 0.251 e. The number of amides is 1. The second-order valence-corrected chi connectivity index (χ2v) is 7.19. The summed E-state index contributed by atoms with van der Waals surface area (Å²) in [4.78, 5) is 18.7. The van der Waals surface area contributed by atoms with Gasteiger partial charge in [-0.05, 0) is 49.3 Å². The molecule has 1 saturated heterocycles. The first-order chi connectivity index (χ1) is 12.0. The van der Waals surface area contributed by atoms with Crippen LogP contribution in [0.5, 0.6) is 0 Å². The molecule has 1 aliphatic heterocycles. The Labute approximate surface area is 151 Å². The Hall–Kier alpha value is -2.04. The van der Waals surface area contributed by atoms with Gasteiger partial charge in [-0.3, -0.25) is 9.79 Å². The molecule has 1 amide bonds. The fraction of sp³-hybridized carbons (Fsp3) is 0.600. The minimum atomic E-state index is -0.0233. The van der Waals surface area contributed by atoms with Crippen LogP contribution in [0.25, 0.3) is 0 Å². The quantitative estimate of drug-likeness (QED) is 0.616. The summed E-state index contributed by atoms with van der Waals surface area (Å²) in [6, 6.07) is 7.75. The molecule has 2 N–H and O–H groups in total. The molecule has 1 aromatic rings. The number of benzene rings is 1. The number of carbonyl (C=O) groups is 1. The third-order valence-electron chi connectivity index (χ3n) is 4.58. The van der Waals surface area contributed by atoms with E-state index in [-0.39, 0.29) is 5.91 Å². The molecule has 1 atom stereocenters. The van der Waals surface area contributed by atoms with Crippen LogP contribution in [0.2, 0.25) is 0 Å². The molecule has 5 heteroatoms. The van der Waals surface area contributed by atoms with Crippen molar-refractivity contribution in [2.75, 3.05) is 26.7 Å². The molecule has 0 spiro atoms. The Bertz CT molecular complexity index is 597. The Kier molecular flexibility index (Phi) is 7.29. The summed E-state index contributed by atoms with van der Waals surface area (Å²) in [7, 11) is 1.84. The van der Waals surface area contributed by atoms with Crippen LogP contribution in [0, 0.1) is 11.8 Å². The molecule has 1 unspecified atom stereocenters. The maximum absolute atomic E-state index is 12.0. The molecule has 0 aliphatic carbocycles. The first kappa shape index (κ1) is 19.3. The van der Waals surface area contributed by atoms with Crippen molar-refractivity contribution in [1.29, 1.82) is 0 Å². The van der Waals surface area contributed by atoms with Crippen molar-refractivity contribution in [3.05, 3.63) is 35.4 Å². The molecule has 0 radical (unpaired) electrons. The highest BCUT2D eigenvalue weighted by Gasteiger charge is 2.25. The van der Waals surface area contributed by atoms with E-state index >= 15 is 0 Å². The van der Waals surface area contributed by atoms with Crippen molar-refractivity contribution in [2.45, 2.75) is 40.2 Å². The SMILES string of the molecule is CCNC(=O)c1cccc(CNC(=NC)N2CCC(CC(C)C)C2)c1. The van der Waals surface area contributed by atoms with Crippen LogP contribution in [0.4, 0.5) is 0 Å². The van der Waals surface area contributed by atoms with Crippen molar-refractivity contribution >= 4 is 11.9 Å². The van der Waals surface area contributed by atoms with Crippen LogP contribution in [0.3, 0.4) is 0 Å². The van der Waals surface area contributed by atoms with Gasteiger partial charge in [-0.25, -0.2) is 0 Å². The Morgan fingerprint density at radius 3 is 2.84 bits per heavy atom. The van der Waals surface area contributed by atoms with Gasteiger partial charge in [0.2, 0.25) is 0 Å². The van der Waals surface area contributed by atoms with Crippen LogP contribution in [0.1, 0.15) is 49.5 Å². The molecule has 1 aromatic carbocycles. The summed E-state index contributed by atoms with van der Waals surface area (Å²) in [6.07, 6.45) is 2.52. The van der Waals surface area contributed by atoms with Crippen molar-refractivity contribution in [2.24, 2.45) is 16.8 Å². The lowest BCUT2D eigenvalue weighted by Gasteiger charge is -2.22. The lowest BCUT2D eigenvalue weighted by atomic mass is 9.97. The average molecular weight is 345 g/mol. The highest BCUT2D eigenvalue weighted by Crippen LogP contribution is 2.23. The molecule has 1 heterocycles. The fourth-order valence-corrected chi connectivity index (χ4v) is 3.48. The first-order valence-corrected chi connectivity index (χ1v) is 9.36. The highest BCUT2D eigenvalue weighted by molar-refractivity contribution is 5.94. The van der Waals surface area contributed by atoms with Gasteiger partial charge in [0.1, 0.15) is 0 Å². The third-order valence-corrected chi connectivity index (χ3v) is 4.58. The number of nitrogens with one attached hydrogen (secondary N) is 2. The van der Waals surface area contributed by atoms with E-state index < -0.39 is 0 Å². The number of likely N-dealkylation sites (tertiary alicyclic amines) is 1. The number of aliphatic imine (C=N–C) groups is 1. The van der Waals surface area contributed by atoms with Gasteiger partial charge in [0.15, 0.2) is 5.96 Å². The van der Waals surface area contributed by atoms with Gasteiger partial charge in [-0.2, -0.15) is 0 Å². The van der Waals surface area contributed by atoms with Crippen molar-refractivity contribution in [3.63, 3.8) is 0 Å². The first-order valence-electron chi connectivity index (χ1n) is 9.36. The monoisotopic (exact) mass is 344 g/mol. The molecule has 0 aromatic heterocycles. The number of hydrogen-bond donors (Lipinski definition) is 2. The number of guanidine groups is 1. The van der Waals surface area contributed by atoms with E-state index in [9.17, 15) is 4.79 Å². The minimum Gasteiger partial charge on any atom is -0.352 e. The van der Waals surface area contributed by atoms with E-state index in [1.165, 1.54) is 12.8 Å². The highest BCUT2D eigenvalue weighted by atomic mass is 16.1. The number of hydrogen-bond acceptors (Lipinski definition) is 2. The zero-order valence-electron chi connectivity index (χ0n) is 16.0. The van der Waals surface area contributed by atoms with Gasteiger partial charge in [-0.1, -0.05) is 26.0 Å². The summed E-state index contributed by atoms with van der Waals surface area (Å²) >= 11 is 0. The number of carbonyl (C=O) groups excluding carboxylic acids is 1. The van der Waals surface area contributed by atoms with Crippen LogP contribution in [-0.2, 0) is 6.54 Å². The molecule has 1 aliphatic rings. The zero-order valence-corrected chi connectivity index (χ0v) is 16.0. The van der Waals surface area contributed by atoms with Crippen molar-refractivity contribution < 1.29 is 4.79 Å². The zero-order chi connectivity index (χ0) is 18.2. The van der Waals surface area contributed by atoms with E-state index in [0.29, 0.717) is 18.7 Å². The van der Waals surface area contributed by atoms with Crippen molar-refractivity contribution in [3.8, 4) is 0 Å². The third kappa shape index (κ3) is 5.76. The minimum absolute atomic E-state index is 0.0233. The van der Waals surface area contributed by atoms with Crippen molar-refractivity contribution in [1.82, 2.24) is 15.5 Å². The topological polar surface area (TPSA) is 56.7 Å². The maximum atomic E-state index is 12.0. The maximum Gasteiger partial charge on any atom is 0.251 e. The predicted octanol–water partition coefficient (Wildman–Crippen LogP) is 2.88. The Balaban J connectivity index is 1.91. The largest absolute Gasteiger partial charge is 0.352 e. The standard InChI is InChI=1S/C20H32N4O/c1-5-22-19(25)18-8-6-7-16(12-18)13-23-20(21-4)24-10-9-17(14-24)11-15(2)3/h6-8,12,15,17H,5,9-11,13-14H2,1-4H3,(H,21,23)(H,22,25). The van der Waals surface area contributed by atoms with E-state index in [2.05, 4.69) is 34.4 Å². The Morgan fingerprint density at radius 2 is 2.16 bits per heavy atom. The predicted molar refractivity (Wildman–Crippen MR) is 104 cm³/mol. The van der Waals surface area contributed by atoms with Crippen LogP contribution >= 0.6 is 0 Å². The molecule has 0 saturated carbocycles. The summed E-state index contributed by atoms with van der Waals surface area (Å²) in [5, 5.41) is 6.28. The second-order valence-electron chi connectivity index (χ2n) is 7.19. The molecular weight excluding hydrogens is 312 g/mol. The van der Waals surface area contributed by atoms with E-state index in [4.69, 9.17) is 0 Å². The molecule has 0 bridgehead atoms. The molecule has 5 nitrogen and oxygen atoms in total. The van der Waals surface area contributed by atoms with E-state index in [0.717, 1.165) is 36.4 Å². The summed E-state index contributed by atoms with van der Waals surface area (Å²) in [5.74, 6) is 2.44. The Morgan fingerprint density at radius 1 is 1.36 bits per heavy atom. The van der Waals surface area contributed by atoms with Gasteiger partial charge in [0.25, 0.3) is 5.91 Å². The fourth-order valence-electron chi connectivity index (χ4n) is 3.48. The lowest BCUT2D eigenvalue weighted by Crippen LogP contribution is -2.39. The summed E-state index contributed by atoms with van der Waals surface area (Å²) in [6.45, 7) is 9.96. The number of rotatable bonds is 6. The summed E-state index contributed by atoms with van der Waals surface area (Å²) in [5.41, 5.74) is 1.79. The van der Waals surface area contributed by atoms with Gasteiger partial charge < -0.3 is 15.5 Å². The molecule has 25 heavy (non-hydrogen) atoms. The second kappa shape index (κ2) is 9.44. The average Bonchev–Trinajstić information content (AvgIpc) is 3.03. The van der Waals surface area contributed by atoms with E-state index in [1.54, 1.807) is 0 Å². The molecule has 1 fully saturated rings. The van der Waals surface area contributed by atoms with Crippen LogP contribution < -0.4 is 10.6 Å². The normalized spacial score (nSPS) is 17.9. The van der Waals surface area contributed by atoms with Gasteiger partial charge in [0.05, 0.1) is 0 Å².